The summed E-state index contributed by atoms with van der Waals surface area (Å²) >= 11 is 0. The summed E-state index contributed by atoms with van der Waals surface area (Å²) in [5.74, 6) is 0.818. The van der Waals surface area contributed by atoms with E-state index in [-0.39, 0.29) is 41.0 Å². The topological polar surface area (TPSA) is 94.6 Å². The number of hydrogen-bond acceptors (Lipinski definition) is 7. The Morgan fingerprint density at radius 2 is 1.82 bits per heavy atom. The zero-order valence-electron chi connectivity index (χ0n) is 22.3. The molecule has 3 aromatic heterocycles. The minimum absolute atomic E-state index is 0.0179. The van der Waals surface area contributed by atoms with Crippen LogP contribution < -0.4 is 0 Å². The lowest BCUT2D eigenvalue weighted by atomic mass is 9.93. The molecule has 0 amide bonds. The number of nitrogens with zero attached hydrogens (tertiary/aromatic N) is 6. The van der Waals surface area contributed by atoms with Crippen LogP contribution in [0.25, 0.3) is 16.8 Å². The molecule has 0 radical (unpaired) electrons. The third kappa shape index (κ3) is 4.77. The first kappa shape index (κ1) is 27.2. The summed E-state index contributed by atoms with van der Waals surface area (Å²) in [6.07, 6.45) is 0.140. The number of alkyl halides is 3. The molecule has 1 saturated carbocycles. The fourth-order valence-corrected chi connectivity index (χ4v) is 7.47. The fourth-order valence-electron chi connectivity index (χ4n) is 6.18. The predicted molar refractivity (Wildman–Crippen MR) is 142 cm³/mol. The highest BCUT2D eigenvalue weighted by Gasteiger charge is 2.43. The Bertz CT molecular complexity index is 1630. The molecule has 2 fully saturated rings. The molecule has 1 aliphatic heterocycles. The van der Waals surface area contributed by atoms with Crippen LogP contribution in [0, 0.1) is 12.8 Å². The number of aryl methyl sites for hydroxylation is 1. The fraction of sp³-hybridized carbons (Fsp3) is 0.519. The third-order valence-corrected chi connectivity index (χ3v) is 10.1. The maximum absolute atomic E-state index is 13.5. The Hall–Kier alpha value is -3.03. The summed E-state index contributed by atoms with van der Waals surface area (Å²) in [6, 6.07) is 8.28. The molecule has 2 aliphatic rings. The highest BCUT2D eigenvalue weighted by molar-refractivity contribution is 7.90. The van der Waals surface area contributed by atoms with Crippen molar-refractivity contribution in [2.45, 2.75) is 68.6 Å². The van der Waals surface area contributed by atoms with Crippen LogP contribution >= 0.6 is 0 Å². The molecule has 1 aliphatic carbocycles. The van der Waals surface area contributed by atoms with Crippen LogP contribution in [0.5, 0.6) is 0 Å². The van der Waals surface area contributed by atoms with Gasteiger partial charge in [0.25, 0.3) is 10.0 Å². The number of ether oxygens (including phenoxy) is 1. The van der Waals surface area contributed by atoms with Gasteiger partial charge in [0.2, 0.25) is 0 Å². The van der Waals surface area contributed by atoms with Gasteiger partial charge >= 0.3 is 6.18 Å². The Labute approximate surface area is 230 Å². The van der Waals surface area contributed by atoms with Crippen LogP contribution in [-0.4, -0.2) is 74.9 Å². The summed E-state index contributed by atoms with van der Waals surface area (Å²) in [7, 11) is -3.89. The van der Waals surface area contributed by atoms with Gasteiger partial charge in [-0.3, -0.25) is 9.30 Å². The largest absolute Gasteiger partial charge is 0.390 e. The SMILES string of the molecule is CC[C@@H]1C[C@H](N(CCC(F)(F)F)C2COC2)C[C@@H]1c1nnc2cnc3c(ccn3S(=O)(=O)c3ccc(C)cc3)n12. The molecule has 3 atom stereocenters. The van der Waals surface area contributed by atoms with Gasteiger partial charge in [-0.05, 0) is 43.9 Å². The number of aromatic nitrogens is 5. The molecule has 4 heterocycles. The highest BCUT2D eigenvalue weighted by atomic mass is 32.2. The van der Waals surface area contributed by atoms with Gasteiger partial charge in [0.05, 0.1) is 42.3 Å². The first-order valence-corrected chi connectivity index (χ1v) is 14.9. The Balaban J connectivity index is 1.36. The molecule has 0 bridgehead atoms. The standard InChI is InChI=1S/C27H31F3N6O3S/c1-3-18-12-19(34(20-15-39-16-20)11-9-27(28,29)30)13-22(18)25-33-32-24-14-31-26-23(36(24)25)8-10-35(26)40(37,38)21-6-4-17(2)5-7-21/h4-8,10,14,18-20,22H,3,9,11-13,15-16H2,1-2H3/t18-,19+,22+/m1/s1. The molecule has 1 saturated heterocycles. The summed E-state index contributed by atoms with van der Waals surface area (Å²) in [6.45, 7) is 4.80. The van der Waals surface area contributed by atoms with Gasteiger partial charge in [0, 0.05) is 24.7 Å². The smallest absolute Gasteiger partial charge is 0.378 e. The summed E-state index contributed by atoms with van der Waals surface area (Å²) in [5, 5.41) is 8.85. The van der Waals surface area contributed by atoms with Crippen molar-refractivity contribution in [2.24, 2.45) is 5.92 Å². The molecule has 40 heavy (non-hydrogen) atoms. The van der Waals surface area contributed by atoms with Crippen molar-refractivity contribution in [3.63, 3.8) is 0 Å². The zero-order valence-corrected chi connectivity index (χ0v) is 23.1. The lowest BCUT2D eigenvalue weighted by Gasteiger charge is -2.41. The van der Waals surface area contributed by atoms with Crippen molar-refractivity contribution in [2.75, 3.05) is 19.8 Å². The number of rotatable bonds is 8. The maximum Gasteiger partial charge on any atom is 0.390 e. The second kappa shape index (κ2) is 10.1. The van der Waals surface area contributed by atoms with Gasteiger partial charge in [-0.25, -0.2) is 17.4 Å². The maximum atomic E-state index is 13.5. The molecule has 1 aromatic carbocycles. The van der Waals surface area contributed by atoms with E-state index in [9.17, 15) is 21.6 Å². The van der Waals surface area contributed by atoms with Gasteiger partial charge in [-0.2, -0.15) is 13.2 Å². The van der Waals surface area contributed by atoms with Gasteiger partial charge in [-0.1, -0.05) is 31.0 Å². The molecule has 9 nitrogen and oxygen atoms in total. The van der Waals surface area contributed by atoms with Crippen molar-refractivity contribution < 1.29 is 26.3 Å². The van der Waals surface area contributed by atoms with E-state index < -0.39 is 22.6 Å². The van der Waals surface area contributed by atoms with Crippen LogP contribution in [0.1, 0.15) is 49.9 Å². The van der Waals surface area contributed by atoms with E-state index in [1.807, 2.05) is 16.2 Å². The van der Waals surface area contributed by atoms with E-state index in [1.54, 1.807) is 30.3 Å². The van der Waals surface area contributed by atoms with Crippen molar-refractivity contribution >= 4 is 26.8 Å². The van der Waals surface area contributed by atoms with E-state index in [0.29, 0.717) is 36.6 Å². The monoisotopic (exact) mass is 576 g/mol. The highest BCUT2D eigenvalue weighted by Crippen LogP contribution is 2.44. The van der Waals surface area contributed by atoms with Crippen LogP contribution in [-0.2, 0) is 14.8 Å². The average molecular weight is 577 g/mol. The van der Waals surface area contributed by atoms with Crippen molar-refractivity contribution in [3.8, 4) is 0 Å². The van der Waals surface area contributed by atoms with Gasteiger partial charge < -0.3 is 4.74 Å². The van der Waals surface area contributed by atoms with Crippen LogP contribution in [0.3, 0.4) is 0 Å². The summed E-state index contributed by atoms with van der Waals surface area (Å²) < 4.78 is 74.7. The molecule has 0 N–H and O–H groups in total. The van der Waals surface area contributed by atoms with Crippen molar-refractivity contribution in [1.82, 2.24) is 28.5 Å². The Kier molecular flexibility index (Phi) is 6.86. The number of hydrogen-bond donors (Lipinski definition) is 0. The minimum atomic E-state index is -4.22. The first-order chi connectivity index (χ1) is 19.1. The Morgan fingerprint density at radius 1 is 1.07 bits per heavy atom. The molecule has 0 unspecified atom stereocenters. The second-order valence-electron chi connectivity index (χ2n) is 10.8. The molecule has 214 valence electrons. The summed E-state index contributed by atoms with van der Waals surface area (Å²) in [5.41, 5.74) is 2.27. The van der Waals surface area contributed by atoms with E-state index in [1.165, 1.54) is 16.4 Å². The number of fused-ring (bicyclic) bond motifs is 3. The lowest BCUT2D eigenvalue weighted by Crippen LogP contribution is -2.53. The van der Waals surface area contributed by atoms with Gasteiger partial charge in [0.15, 0.2) is 11.3 Å². The van der Waals surface area contributed by atoms with Crippen LogP contribution in [0.4, 0.5) is 13.2 Å². The Morgan fingerprint density at radius 3 is 2.48 bits per heavy atom. The molecular weight excluding hydrogens is 545 g/mol. The number of benzene rings is 1. The zero-order chi connectivity index (χ0) is 28.2. The molecule has 13 heteroatoms. The quantitative estimate of drug-likeness (QED) is 0.304. The molecular formula is C27H31F3N6O3S. The van der Waals surface area contributed by atoms with E-state index >= 15 is 0 Å². The predicted octanol–water partition coefficient (Wildman–Crippen LogP) is 4.55. The van der Waals surface area contributed by atoms with E-state index in [0.717, 1.165) is 18.4 Å². The summed E-state index contributed by atoms with van der Waals surface area (Å²) in [4.78, 5) is 6.56. The second-order valence-corrected chi connectivity index (χ2v) is 12.7. The van der Waals surface area contributed by atoms with E-state index in [4.69, 9.17) is 4.74 Å². The lowest BCUT2D eigenvalue weighted by molar-refractivity contribution is -0.149. The molecule has 6 rings (SSSR count). The van der Waals surface area contributed by atoms with Crippen molar-refractivity contribution in [1.29, 1.82) is 0 Å². The molecule has 4 aromatic rings. The third-order valence-electron chi connectivity index (χ3n) is 8.38. The number of halogens is 3. The van der Waals surface area contributed by atoms with Gasteiger partial charge in [0.1, 0.15) is 5.82 Å². The van der Waals surface area contributed by atoms with Crippen molar-refractivity contribution in [3.05, 3.63) is 54.1 Å². The van der Waals surface area contributed by atoms with Gasteiger partial charge in [-0.15, -0.1) is 10.2 Å². The normalized spacial score (nSPS) is 22.5. The van der Waals surface area contributed by atoms with Crippen LogP contribution in [0.2, 0.25) is 0 Å². The average Bonchev–Trinajstić information content (AvgIpc) is 3.60. The van der Waals surface area contributed by atoms with Crippen LogP contribution in [0.15, 0.2) is 47.6 Å². The first-order valence-electron chi connectivity index (χ1n) is 13.5. The minimum Gasteiger partial charge on any atom is -0.378 e. The molecule has 0 spiro atoms. The van der Waals surface area contributed by atoms with E-state index in [2.05, 4.69) is 22.1 Å².